The first kappa shape index (κ1) is 14.7. The number of rotatable bonds is 4. The molecule has 0 unspecified atom stereocenters. The summed E-state index contributed by atoms with van der Waals surface area (Å²) in [5, 5.41) is 0. The Morgan fingerprint density at radius 3 is 2.35 bits per heavy atom. The number of hydrogen-bond donors (Lipinski definition) is 1. The van der Waals surface area contributed by atoms with E-state index in [0.29, 0.717) is 6.54 Å². The van der Waals surface area contributed by atoms with E-state index in [0.717, 1.165) is 31.9 Å². The Bertz CT molecular complexity index is 437. The maximum atomic E-state index is 11.7. The number of benzene rings is 1. The minimum Gasteiger partial charge on any atom is -0.497 e. The zero-order valence-electron chi connectivity index (χ0n) is 12.6. The summed E-state index contributed by atoms with van der Waals surface area (Å²) in [4.78, 5) is 17.1. The highest BCUT2D eigenvalue weighted by Gasteiger charge is 2.22. The van der Waals surface area contributed by atoms with Crippen LogP contribution >= 0.6 is 0 Å². The highest BCUT2D eigenvalue weighted by molar-refractivity contribution is 5.76. The van der Waals surface area contributed by atoms with E-state index in [-0.39, 0.29) is 5.91 Å². The van der Waals surface area contributed by atoms with E-state index >= 15 is 0 Å². The van der Waals surface area contributed by atoms with Crippen LogP contribution in [0.4, 0.5) is 5.69 Å². The van der Waals surface area contributed by atoms with Gasteiger partial charge >= 0.3 is 0 Å². The van der Waals surface area contributed by atoms with Crippen molar-refractivity contribution >= 4 is 11.6 Å². The van der Waals surface area contributed by atoms with Crippen molar-refractivity contribution in [1.82, 2.24) is 4.90 Å². The molecule has 1 aliphatic rings. The number of hydrogen-bond acceptors (Lipinski definition) is 3. The summed E-state index contributed by atoms with van der Waals surface area (Å²) in [6.07, 6.45) is 0. The Morgan fingerprint density at radius 1 is 1.25 bits per heavy atom. The molecule has 0 atom stereocenters. The van der Waals surface area contributed by atoms with Gasteiger partial charge in [0.15, 0.2) is 6.54 Å². The van der Waals surface area contributed by atoms with Crippen LogP contribution in [0.3, 0.4) is 0 Å². The number of amides is 1. The van der Waals surface area contributed by atoms with E-state index in [1.54, 1.807) is 12.0 Å². The number of carbonyl (C=O) groups excluding carboxylic acids is 1. The quantitative estimate of drug-likeness (QED) is 0.806. The molecule has 0 aliphatic carbocycles. The van der Waals surface area contributed by atoms with Gasteiger partial charge in [0.1, 0.15) is 5.75 Å². The third-order valence-electron chi connectivity index (χ3n) is 3.81. The van der Waals surface area contributed by atoms with Crippen LogP contribution in [0.2, 0.25) is 0 Å². The zero-order valence-corrected chi connectivity index (χ0v) is 12.6. The molecule has 0 spiro atoms. The molecule has 1 aliphatic heterocycles. The smallest absolute Gasteiger partial charge is 0.277 e. The fraction of sp³-hybridized carbons (Fsp3) is 0.533. The van der Waals surface area contributed by atoms with Gasteiger partial charge in [0.2, 0.25) is 0 Å². The second-order valence-corrected chi connectivity index (χ2v) is 5.40. The topological polar surface area (TPSA) is 37.2 Å². The van der Waals surface area contributed by atoms with Crippen molar-refractivity contribution in [2.45, 2.75) is 0 Å². The highest BCUT2D eigenvalue weighted by atomic mass is 16.5. The number of quaternary nitrogens is 1. The molecule has 5 nitrogen and oxygen atoms in total. The van der Waals surface area contributed by atoms with Crippen LogP contribution in [0.25, 0.3) is 0 Å². The summed E-state index contributed by atoms with van der Waals surface area (Å²) < 4.78 is 5.17. The van der Waals surface area contributed by atoms with Crippen LogP contribution in [-0.2, 0) is 4.79 Å². The summed E-state index contributed by atoms with van der Waals surface area (Å²) in [5.41, 5.74) is 1.23. The van der Waals surface area contributed by atoms with Gasteiger partial charge in [0.25, 0.3) is 5.91 Å². The maximum absolute atomic E-state index is 11.7. The Morgan fingerprint density at radius 2 is 1.85 bits per heavy atom. The summed E-state index contributed by atoms with van der Waals surface area (Å²) in [5.74, 6) is 1.09. The lowest BCUT2D eigenvalue weighted by Crippen LogP contribution is -3.15. The van der Waals surface area contributed by atoms with E-state index in [9.17, 15) is 4.79 Å². The first-order valence-electron chi connectivity index (χ1n) is 7.03. The standard InChI is InChI=1S/C15H23N3O2/c1-16(2)15(19)12-17-8-10-18(11-9-17)13-4-6-14(20-3)7-5-13/h4-7H,8-12H2,1-3H3/p+1. The first-order chi connectivity index (χ1) is 9.60. The van der Waals surface area contributed by atoms with Gasteiger partial charge in [-0.05, 0) is 24.3 Å². The second kappa shape index (κ2) is 6.61. The van der Waals surface area contributed by atoms with Crippen LogP contribution < -0.4 is 14.5 Å². The van der Waals surface area contributed by atoms with Crippen LogP contribution in [0.15, 0.2) is 24.3 Å². The molecule has 1 heterocycles. The second-order valence-electron chi connectivity index (χ2n) is 5.40. The highest BCUT2D eigenvalue weighted by Crippen LogP contribution is 2.18. The lowest BCUT2D eigenvalue weighted by atomic mass is 10.2. The van der Waals surface area contributed by atoms with Crippen molar-refractivity contribution in [3.63, 3.8) is 0 Å². The van der Waals surface area contributed by atoms with Crippen molar-refractivity contribution in [1.29, 1.82) is 0 Å². The molecular weight excluding hydrogens is 254 g/mol. The summed E-state index contributed by atoms with van der Waals surface area (Å²) in [6, 6.07) is 8.16. The van der Waals surface area contributed by atoms with Crippen LogP contribution in [0, 0.1) is 0 Å². The molecule has 1 fully saturated rings. The minimum absolute atomic E-state index is 0.206. The van der Waals surface area contributed by atoms with Crippen LogP contribution in [0.1, 0.15) is 0 Å². The number of methoxy groups -OCH3 is 1. The third kappa shape index (κ3) is 3.63. The van der Waals surface area contributed by atoms with Gasteiger partial charge in [0.05, 0.1) is 33.3 Å². The number of carbonyl (C=O) groups is 1. The van der Waals surface area contributed by atoms with Crippen LogP contribution in [-0.4, -0.2) is 64.7 Å². The number of piperazine rings is 1. The molecule has 1 saturated heterocycles. The molecule has 1 aromatic rings. The molecule has 1 aromatic carbocycles. The summed E-state index contributed by atoms with van der Waals surface area (Å²) >= 11 is 0. The molecule has 0 aromatic heterocycles. The van der Waals surface area contributed by atoms with E-state index in [1.165, 1.54) is 10.6 Å². The third-order valence-corrected chi connectivity index (χ3v) is 3.81. The maximum Gasteiger partial charge on any atom is 0.277 e. The van der Waals surface area contributed by atoms with E-state index < -0.39 is 0 Å². The molecule has 110 valence electrons. The number of anilines is 1. The largest absolute Gasteiger partial charge is 0.497 e. The molecule has 0 radical (unpaired) electrons. The van der Waals surface area contributed by atoms with Crippen molar-refractivity contribution in [3.8, 4) is 5.75 Å². The van der Waals surface area contributed by atoms with Crippen molar-refractivity contribution in [2.75, 3.05) is 58.8 Å². The van der Waals surface area contributed by atoms with E-state index in [4.69, 9.17) is 4.74 Å². The number of ether oxygens (including phenoxy) is 1. The summed E-state index contributed by atoms with van der Waals surface area (Å²) in [6.45, 7) is 4.59. The van der Waals surface area contributed by atoms with Gasteiger partial charge < -0.3 is 19.4 Å². The van der Waals surface area contributed by atoms with E-state index in [1.807, 2.05) is 26.2 Å². The van der Waals surface area contributed by atoms with Gasteiger partial charge in [-0.3, -0.25) is 4.79 Å². The van der Waals surface area contributed by atoms with Gasteiger partial charge in [-0.25, -0.2) is 0 Å². The fourth-order valence-corrected chi connectivity index (χ4v) is 2.42. The number of likely N-dealkylation sites (N-methyl/N-ethyl adjacent to an activating group) is 1. The molecule has 1 amide bonds. The fourth-order valence-electron chi connectivity index (χ4n) is 2.42. The Kier molecular flexibility index (Phi) is 4.84. The molecule has 20 heavy (non-hydrogen) atoms. The average molecular weight is 278 g/mol. The van der Waals surface area contributed by atoms with Crippen molar-refractivity contribution in [3.05, 3.63) is 24.3 Å². The Labute approximate surface area is 120 Å². The molecule has 2 rings (SSSR count). The average Bonchev–Trinajstić information content (AvgIpc) is 2.48. The van der Waals surface area contributed by atoms with Gasteiger partial charge in [-0.2, -0.15) is 0 Å². The number of nitrogens with one attached hydrogen (secondary N) is 1. The van der Waals surface area contributed by atoms with Crippen molar-refractivity contribution in [2.24, 2.45) is 0 Å². The van der Waals surface area contributed by atoms with Gasteiger partial charge in [0, 0.05) is 19.8 Å². The minimum atomic E-state index is 0.206. The Balaban J connectivity index is 1.85. The normalized spacial score (nSPS) is 16.1. The monoisotopic (exact) mass is 278 g/mol. The lowest BCUT2D eigenvalue weighted by molar-refractivity contribution is -0.892. The molecule has 5 heteroatoms. The SMILES string of the molecule is COc1ccc(N2CC[NH+](CC(=O)N(C)C)CC2)cc1. The predicted octanol–water partition coefficient (Wildman–Crippen LogP) is -0.512. The van der Waals surface area contributed by atoms with Crippen LogP contribution in [0.5, 0.6) is 5.75 Å². The molecule has 0 saturated carbocycles. The van der Waals surface area contributed by atoms with Crippen molar-refractivity contribution < 1.29 is 14.4 Å². The molecule has 0 bridgehead atoms. The van der Waals surface area contributed by atoms with Gasteiger partial charge in [-0.1, -0.05) is 0 Å². The van der Waals surface area contributed by atoms with E-state index in [2.05, 4.69) is 17.0 Å². The van der Waals surface area contributed by atoms with Gasteiger partial charge in [-0.15, -0.1) is 0 Å². The Hall–Kier alpha value is -1.75. The predicted molar refractivity (Wildman–Crippen MR) is 79.5 cm³/mol. The lowest BCUT2D eigenvalue weighted by Gasteiger charge is -2.33. The first-order valence-corrected chi connectivity index (χ1v) is 7.03. The molecular formula is C15H24N3O2+. The molecule has 1 N–H and O–H groups in total. The summed E-state index contributed by atoms with van der Waals surface area (Å²) in [7, 11) is 5.31. The number of nitrogens with zero attached hydrogens (tertiary/aromatic N) is 2. The zero-order chi connectivity index (χ0) is 14.5.